The maximum atomic E-state index is 12.8. The van der Waals surface area contributed by atoms with Crippen LogP contribution < -0.4 is 4.31 Å². The molecule has 0 aliphatic carbocycles. The van der Waals surface area contributed by atoms with E-state index in [2.05, 4.69) is 14.3 Å². The first-order chi connectivity index (χ1) is 11.2. The topological polar surface area (TPSA) is 49.0 Å². The van der Waals surface area contributed by atoms with Gasteiger partial charge in [0.2, 0.25) is 0 Å². The quantitative estimate of drug-likeness (QED) is 0.572. The van der Waals surface area contributed by atoms with Gasteiger partial charge in [-0.05, 0) is 48.3 Å². The van der Waals surface area contributed by atoms with Crippen LogP contribution in [0.4, 0.5) is 5.69 Å². The Morgan fingerprint density at radius 2 is 2.26 bits per heavy atom. The summed E-state index contributed by atoms with van der Waals surface area (Å²) >= 11 is 7.68. The number of anilines is 1. The van der Waals surface area contributed by atoms with Crippen LogP contribution in [-0.4, -0.2) is 28.0 Å². The zero-order valence-corrected chi connectivity index (χ0v) is 13.8. The van der Waals surface area contributed by atoms with Gasteiger partial charge in [0.25, 0.3) is 0 Å². The number of nitrogens with zero attached hydrogens (tertiary/aromatic N) is 2. The summed E-state index contributed by atoms with van der Waals surface area (Å²) in [7, 11) is 0. The molecule has 1 aromatic carbocycles. The molecule has 1 saturated heterocycles. The first-order valence-corrected chi connectivity index (χ1v) is 8.66. The van der Waals surface area contributed by atoms with Gasteiger partial charge in [-0.15, -0.1) is 0 Å². The number of Topliss-reactive ketones (excluding diaryl/α,β-unsaturated/α-hetero) is 1. The van der Waals surface area contributed by atoms with E-state index in [4.69, 9.17) is 11.6 Å². The molecule has 0 radical (unpaired) electrons. The standard InChI is InChI=1S/C17H14ClN3OS/c18-13-3-4-15-11(6-13)7-16(20-15)17(22)12-9-21(23-10-12)14-2-1-5-19-8-14/h1-8,12,20H,9-10H2. The fourth-order valence-corrected chi connectivity index (χ4v) is 4.12. The van der Waals surface area contributed by atoms with Crippen molar-refractivity contribution in [2.75, 3.05) is 16.6 Å². The number of aromatic nitrogens is 2. The Morgan fingerprint density at radius 3 is 3.09 bits per heavy atom. The van der Waals surface area contributed by atoms with E-state index < -0.39 is 0 Å². The molecule has 2 aromatic heterocycles. The third kappa shape index (κ3) is 2.82. The normalized spacial score (nSPS) is 17.8. The minimum Gasteiger partial charge on any atom is -0.352 e. The summed E-state index contributed by atoms with van der Waals surface area (Å²) in [6.07, 6.45) is 3.58. The van der Waals surface area contributed by atoms with E-state index in [0.717, 1.165) is 22.3 Å². The highest BCUT2D eigenvalue weighted by Crippen LogP contribution is 2.33. The van der Waals surface area contributed by atoms with Crippen molar-refractivity contribution in [3.8, 4) is 0 Å². The molecule has 1 aliphatic rings. The SMILES string of the molecule is O=C(c1cc2cc(Cl)ccc2[nH]1)C1CSN(c2cccnc2)C1. The molecule has 0 amide bonds. The summed E-state index contributed by atoms with van der Waals surface area (Å²) in [5, 5.41) is 1.64. The summed E-state index contributed by atoms with van der Waals surface area (Å²) in [5.74, 6) is 0.907. The van der Waals surface area contributed by atoms with E-state index in [1.807, 2.05) is 42.6 Å². The van der Waals surface area contributed by atoms with Gasteiger partial charge >= 0.3 is 0 Å². The molecule has 1 unspecified atom stereocenters. The average molecular weight is 344 g/mol. The Hall–Kier alpha value is -1.98. The zero-order chi connectivity index (χ0) is 15.8. The second-order valence-electron chi connectivity index (χ2n) is 5.54. The van der Waals surface area contributed by atoms with E-state index in [9.17, 15) is 4.79 Å². The van der Waals surface area contributed by atoms with Crippen molar-refractivity contribution in [1.29, 1.82) is 0 Å². The molecule has 1 atom stereocenters. The Bertz CT molecular complexity index is 865. The van der Waals surface area contributed by atoms with Crippen LogP contribution in [0.1, 0.15) is 10.5 Å². The number of carbonyl (C=O) groups excluding carboxylic acids is 1. The van der Waals surface area contributed by atoms with Gasteiger partial charge < -0.3 is 9.29 Å². The Morgan fingerprint density at radius 1 is 1.35 bits per heavy atom. The van der Waals surface area contributed by atoms with Gasteiger partial charge in [0.1, 0.15) is 0 Å². The molecule has 4 rings (SSSR count). The van der Waals surface area contributed by atoms with Gasteiger partial charge in [-0.2, -0.15) is 0 Å². The van der Waals surface area contributed by atoms with Gasteiger partial charge in [0.05, 0.1) is 23.5 Å². The van der Waals surface area contributed by atoms with Crippen LogP contribution in [0.2, 0.25) is 5.02 Å². The number of nitrogens with one attached hydrogen (secondary N) is 1. The van der Waals surface area contributed by atoms with Crippen molar-refractivity contribution in [2.24, 2.45) is 5.92 Å². The lowest BCUT2D eigenvalue weighted by Crippen LogP contribution is -2.22. The van der Waals surface area contributed by atoms with Crippen LogP contribution in [0, 0.1) is 5.92 Å². The Labute approximate surface area is 143 Å². The number of benzene rings is 1. The lowest BCUT2D eigenvalue weighted by Gasteiger charge is -2.15. The largest absolute Gasteiger partial charge is 0.352 e. The van der Waals surface area contributed by atoms with Crippen LogP contribution in [0.3, 0.4) is 0 Å². The Balaban J connectivity index is 1.55. The van der Waals surface area contributed by atoms with Crippen LogP contribution in [-0.2, 0) is 0 Å². The number of ketones is 1. The highest BCUT2D eigenvalue weighted by Gasteiger charge is 2.31. The number of pyridine rings is 1. The van der Waals surface area contributed by atoms with E-state index in [0.29, 0.717) is 17.3 Å². The van der Waals surface area contributed by atoms with Gasteiger partial charge in [0.15, 0.2) is 5.78 Å². The highest BCUT2D eigenvalue weighted by molar-refractivity contribution is 8.00. The molecular formula is C17H14ClN3OS. The van der Waals surface area contributed by atoms with E-state index in [1.54, 1.807) is 18.1 Å². The van der Waals surface area contributed by atoms with Crippen molar-refractivity contribution in [3.63, 3.8) is 0 Å². The minimum absolute atomic E-state index is 0.0243. The number of carbonyl (C=O) groups is 1. The Kier molecular flexibility index (Phi) is 3.75. The molecule has 23 heavy (non-hydrogen) atoms. The summed E-state index contributed by atoms with van der Waals surface area (Å²) in [5.41, 5.74) is 2.63. The van der Waals surface area contributed by atoms with Gasteiger partial charge in [-0.25, -0.2) is 0 Å². The number of aromatic amines is 1. The third-order valence-corrected chi connectivity index (χ3v) is 5.43. The van der Waals surface area contributed by atoms with Crippen molar-refractivity contribution in [2.45, 2.75) is 0 Å². The van der Waals surface area contributed by atoms with Crippen LogP contribution in [0.25, 0.3) is 10.9 Å². The summed E-state index contributed by atoms with van der Waals surface area (Å²) < 4.78 is 2.13. The van der Waals surface area contributed by atoms with Crippen molar-refractivity contribution in [1.82, 2.24) is 9.97 Å². The molecule has 4 nitrogen and oxygen atoms in total. The van der Waals surface area contributed by atoms with Crippen LogP contribution in [0.15, 0.2) is 48.8 Å². The monoisotopic (exact) mass is 343 g/mol. The third-order valence-electron chi connectivity index (χ3n) is 3.97. The summed E-state index contributed by atoms with van der Waals surface area (Å²) in [6, 6.07) is 11.4. The predicted molar refractivity (Wildman–Crippen MR) is 95.2 cm³/mol. The van der Waals surface area contributed by atoms with E-state index in [-0.39, 0.29) is 11.7 Å². The fourth-order valence-electron chi connectivity index (χ4n) is 2.78. The summed E-state index contributed by atoms with van der Waals surface area (Å²) in [4.78, 5) is 20.1. The smallest absolute Gasteiger partial charge is 0.184 e. The maximum Gasteiger partial charge on any atom is 0.184 e. The predicted octanol–water partition coefficient (Wildman–Crippen LogP) is 4.18. The fraction of sp³-hybridized carbons (Fsp3) is 0.176. The van der Waals surface area contributed by atoms with Crippen molar-refractivity contribution < 1.29 is 4.79 Å². The van der Waals surface area contributed by atoms with Crippen molar-refractivity contribution >= 4 is 45.9 Å². The number of fused-ring (bicyclic) bond motifs is 1. The number of hydrogen-bond donors (Lipinski definition) is 1. The van der Waals surface area contributed by atoms with Crippen molar-refractivity contribution in [3.05, 3.63) is 59.5 Å². The molecule has 116 valence electrons. The molecule has 1 aliphatic heterocycles. The molecule has 3 heterocycles. The highest BCUT2D eigenvalue weighted by atomic mass is 35.5. The molecule has 0 saturated carbocycles. The zero-order valence-electron chi connectivity index (χ0n) is 12.2. The molecular weight excluding hydrogens is 330 g/mol. The molecule has 3 aromatic rings. The lowest BCUT2D eigenvalue weighted by molar-refractivity contribution is 0.0936. The number of hydrogen-bond acceptors (Lipinski definition) is 4. The van der Waals surface area contributed by atoms with Gasteiger partial charge in [-0.3, -0.25) is 9.78 Å². The molecule has 0 spiro atoms. The van der Waals surface area contributed by atoms with E-state index in [1.165, 1.54) is 0 Å². The second kappa shape index (κ2) is 5.91. The van der Waals surface area contributed by atoms with E-state index >= 15 is 0 Å². The second-order valence-corrected chi connectivity index (χ2v) is 7.01. The molecule has 1 fully saturated rings. The average Bonchev–Trinajstić information content (AvgIpc) is 3.21. The first-order valence-electron chi connectivity index (χ1n) is 7.34. The van der Waals surface area contributed by atoms with Gasteiger partial charge in [0, 0.05) is 34.4 Å². The number of rotatable bonds is 3. The molecule has 6 heteroatoms. The minimum atomic E-state index is -0.0243. The maximum absolute atomic E-state index is 12.8. The number of H-pyrrole nitrogens is 1. The van der Waals surface area contributed by atoms with Crippen LogP contribution in [0.5, 0.6) is 0 Å². The number of halogens is 1. The molecule has 0 bridgehead atoms. The van der Waals surface area contributed by atoms with Gasteiger partial charge in [-0.1, -0.05) is 11.6 Å². The van der Waals surface area contributed by atoms with Crippen LogP contribution >= 0.6 is 23.5 Å². The first kappa shape index (κ1) is 14.6. The lowest BCUT2D eigenvalue weighted by atomic mass is 10.0. The summed E-state index contributed by atoms with van der Waals surface area (Å²) in [6.45, 7) is 0.700. The molecule has 1 N–H and O–H groups in total.